The molecule has 0 bridgehead atoms. The van der Waals surface area contributed by atoms with E-state index in [1.165, 1.54) is 97.1 Å². The molecule has 0 radical (unpaired) electrons. The van der Waals surface area contributed by atoms with Crippen LogP contribution in [0.3, 0.4) is 0 Å². The molecular weight excluding hydrogens is 1250 g/mol. The predicted octanol–water partition coefficient (Wildman–Crippen LogP) is 21.9. The summed E-state index contributed by atoms with van der Waals surface area (Å²) in [5.41, 5.74) is 5.17. The molecule has 0 N–H and O–H groups in total. The van der Waals surface area contributed by atoms with Gasteiger partial charge >= 0.3 is 0 Å². The van der Waals surface area contributed by atoms with Crippen molar-refractivity contribution in [3.8, 4) is 0 Å². The fraction of sp³-hybridized carbons (Fsp3) is 0.143. The Balaban J connectivity index is 0.000000187. The molecule has 0 amide bonds. The summed E-state index contributed by atoms with van der Waals surface area (Å²) in [6.45, 7) is 0. The Labute approximate surface area is 494 Å². The molecule has 400 valence electrons. The molecule has 0 unspecified atom stereocenters. The van der Waals surface area contributed by atoms with Crippen LogP contribution in [0.25, 0.3) is 0 Å². The van der Waals surface area contributed by atoms with Crippen LogP contribution >= 0.6 is 139 Å². The highest BCUT2D eigenvalue weighted by molar-refractivity contribution is 6.69. The highest BCUT2D eigenvalue weighted by Gasteiger charge is 2.38. The van der Waals surface area contributed by atoms with Crippen molar-refractivity contribution in [1.29, 1.82) is 0 Å². The Kier molecular flexibility index (Phi) is 23.6. The zero-order chi connectivity index (χ0) is 56.2. The first-order valence-electron chi connectivity index (χ1n) is 21.8. The lowest BCUT2D eigenvalue weighted by Gasteiger charge is -2.25. The van der Waals surface area contributed by atoms with Gasteiger partial charge in [0.15, 0.2) is 0 Å². The van der Waals surface area contributed by atoms with Gasteiger partial charge in [-0.2, -0.15) is 0 Å². The molecule has 0 atom stereocenters. The van der Waals surface area contributed by atoms with Crippen molar-refractivity contribution in [2.45, 2.75) is 38.8 Å². The van der Waals surface area contributed by atoms with Gasteiger partial charge < -0.3 is 0 Å². The number of benzene rings is 8. The van der Waals surface area contributed by atoms with Gasteiger partial charge in [0.05, 0.1) is 23.7 Å². The minimum atomic E-state index is -1.62. The summed E-state index contributed by atoms with van der Waals surface area (Å²) >= 11 is 71.9. The molecule has 0 aliphatic heterocycles. The minimum absolute atomic E-state index is 0.370. The molecule has 20 heteroatoms. The van der Waals surface area contributed by atoms with E-state index < -0.39 is 38.8 Å². The van der Waals surface area contributed by atoms with Crippen molar-refractivity contribution < 1.29 is 35.1 Å². The standard InChI is InChI=1S/4C14H9Cl3F2/c4*15-14(16,17)13(9-1-5-11(18)6-2-9)10-3-7-12(19)8-4-10/h4*1-8,13H. The number of hydrogen-bond acceptors (Lipinski definition) is 0. The highest BCUT2D eigenvalue weighted by Crippen LogP contribution is 2.49. The molecule has 8 aromatic rings. The largest absolute Gasteiger partial charge is 0.207 e. The molecule has 0 fully saturated rings. The van der Waals surface area contributed by atoms with Gasteiger partial charge in [-0.25, -0.2) is 35.1 Å². The van der Waals surface area contributed by atoms with Crippen LogP contribution in [-0.2, 0) is 0 Å². The van der Waals surface area contributed by atoms with E-state index in [0.717, 1.165) is 0 Å². The van der Waals surface area contributed by atoms with Crippen molar-refractivity contribution in [2.75, 3.05) is 0 Å². The second kappa shape index (κ2) is 28.2. The zero-order valence-corrected chi connectivity index (χ0v) is 47.4. The van der Waals surface area contributed by atoms with Crippen LogP contribution in [0.1, 0.15) is 68.2 Å². The summed E-state index contributed by atoms with van der Waals surface area (Å²) in [6.07, 6.45) is 0. The third-order valence-corrected chi connectivity index (χ3v) is 13.6. The summed E-state index contributed by atoms with van der Waals surface area (Å²) in [5.74, 6) is -5.35. The van der Waals surface area contributed by atoms with E-state index in [2.05, 4.69) is 0 Å². The maximum Gasteiger partial charge on any atom is 0.201 e. The van der Waals surface area contributed by atoms with E-state index in [4.69, 9.17) is 139 Å². The Morgan fingerprint density at radius 2 is 0.250 bits per heavy atom. The lowest BCUT2D eigenvalue weighted by Crippen LogP contribution is -2.18. The fourth-order valence-corrected chi connectivity index (χ4v) is 10.5. The van der Waals surface area contributed by atoms with Crippen molar-refractivity contribution in [3.05, 3.63) is 285 Å². The molecule has 0 aromatic heterocycles. The second-order valence-corrected chi connectivity index (χ2v) is 25.8. The first kappa shape index (κ1) is 63.5. The third kappa shape index (κ3) is 19.5. The first-order valence-corrected chi connectivity index (χ1v) is 26.4. The Morgan fingerprint density at radius 3 is 0.316 bits per heavy atom. The van der Waals surface area contributed by atoms with Gasteiger partial charge in [0.1, 0.15) is 46.5 Å². The van der Waals surface area contributed by atoms with Gasteiger partial charge in [0.2, 0.25) is 15.2 Å². The number of alkyl halides is 12. The maximum atomic E-state index is 13.0. The molecule has 8 rings (SSSR count). The Bertz CT molecular complexity index is 2420. The van der Waals surface area contributed by atoms with Gasteiger partial charge in [-0.15, -0.1) is 0 Å². The summed E-state index contributed by atoms with van der Waals surface area (Å²) in [6, 6.07) is 45.5. The normalized spacial score (nSPS) is 11.9. The van der Waals surface area contributed by atoms with Gasteiger partial charge in [-0.1, -0.05) is 236 Å². The fourth-order valence-electron chi connectivity index (χ4n) is 7.52. The molecule has 0 spiro atoms. The lowest BCUT2D eigenvalue weighted by atomic mass is 9.92. The first-order chi connectivity index (χ1) is 35.5. The topological polar surface area (TPSA) is 0 Å². The van der Waals surface area contributed by atoms with Crippen LogP contribution < -0.4 is 0 Å². The molecule has 8 aromatic carbocycles. The van der Waals surface area contributed by atoms with E-state index >= 15 is 0 Å². The monoisotopic (exact) mass is 1280 g/mol. The summed E-state index contributed by atoms with van der Waals surface area (Å²) in [5, 5.41) is 0. The molecule has 0 aliphatic carbocycles. The molecule has 0 saturated carbocycles. The second-order valence-electron chi connectivity index (χ2n) is 16.3. The predicted molar refractivity (Wildman–Crippen MR) is 300 cm³/mol. The van der Waals surface area contributed by atoms with Crippen LogP contribution in [0.5, 0.6) is 0 Å². The maximum absolute atomic E-state index is 13.0. The van der Waals surface area contributed by atoms with Crippen molar-refractivity contribution in [2.24, 2.45) is 0 Å². The molecule has 76 heavy (non-hydrogen) atoms. The van der Waals surface area contributed by atoms with Gasteiger partial charge in [-0.05, 0) is 142 Å². The van der Waals surface area contributed by atoms with Crippen LogP contribution in [0.2, 0.25) is 0 Å². The van der Waals surface area contributed by atoms with Gasteiger partial charge in [0, 0.05) is 0 Å². The Morgan fingerprint density at radius 1 is 0.171 bits per heavy atom. The summed E-state index contributed by atoms with van der Waals surface area (Å²) in [4.78, 5) is 0. The van der Waals surface area contributed by atoms with Crippen LogP contribution in [0, 0.1) is 46.5 Å². The Hall–Kier alpha value is -3.32. The zero-order valence-electron chi connectivity index (χ0n) is 38.3. The van der Waals surface area contributed by atoms with E-state index in [0.29, 0.717) is 44.5 Å². The van der Waals surface area contributed by atoms with Crippen LogP contribution in [-0.4, -0.2) is 15.2 Å². The molecule has 0 heterocycles. The van der Waals surface area contributed by atoms with Crippen LogP contribution in [0.15, 0.2) is 194 Å². The quantitative estimate of drug-likeness (QED) is 0.105. The minimum Gasteiger partial charge on any atom is -0.207 e. The van der Waals surface area contributed by atoms with E-state index in [1.54, 1.807) is 97.1 Å². The molecule has 0 nitrogen and oxygen atoms in total. The summed E-state index contributed by atoms with van der Waals surface area (Å²) < 4.78 is 97.2. The van der Waals surface area contributed by atoms with E-state index in [9.17, 15) is 35.1 Å². The number of halogens is 20. The van der Waals surface area contributed by atoms with Gasteiger partial charge in [0.25, 0.3) is 0 Å². The molecular formula is C56H36Cl12F8. The van der Waals surface area contributed by atoms with Crippen molar-refractivity contribution in [3.63, 3.8) is 0 Å². The SMILES string of the molecule is Fc1ccc(C(c2ccc(F)cc2)C(Cl)(Cl)Cl)cc1.Fc1ccc(C(c2ccc(F)cc2)C(Cl)(Cl)Cl)cc1.Fc1ccc(C(c2ccc(F)cc2)C(Cl)(Cl)Cl)cc1.Fc1ccc(C(c2ccc(F)cc2)C(Cl)(Cl)Cl)cc1. The lowest BCUT2D eigenvalue weighted by molar-refractivity contribution is 0.624. The molecule has 0 saturated heterocycles. The number of rotatable bonds is 8. The average molecular weight is 1290 g/mol. The van der Waals surface area contributed by atoms with E-state index in [-0.39, 0.29) is 46.5 Å². The molecule has 0 aliphatic rings. The van der Waals surface area contributed by atoms with Crippen molar-refractivity contribution >= 4 is 139 Å². The van der Waals surface area contributed by atoms with Crippen molar-refractivity contribution in [1.82, 2.24) is 0 Å². The van der Waals surface area contributed by atoms with Crippen LogP contribution in [0.4, 0.5) is 35.1 Å². The summed E-state index contributed by atoms with van der Waals surface area (Å²) in [7, 11) is 0. The smallest absolute Gasteiger partial charge is 0.201 e. The highest BCUT2D eigenvalue weighted by atomic mass is 35.6. The number of hydrogen-bond donors (Lipinski definition) is 0. The van der Waals surface area contributed by atoms with Gasteiger partial charge in [-0.3, -0.25) is 0 Å². The van der Waals surface area contributed by atoms with E-state index in [1.807, 2.05) is 0 Å². The average Bonchev–Trinajstić information content (AvgIpc) is 3.33. The third-order valence-electron chi connectivity index (χ3n) is 10.9.